The van der Waals surface area contributed by atoms with Crippen molar-refractivity contribution in [2.45, 2.75) is 33.3 Å². The van der Waals surface area contributed by atoms with Gasteiger partial charge in [-0.2, -0.15) is 9.78 Å². The Morgan fingerprint density at radius 3 is 2.61 bits per heavy atom. The van der Waals surface area contributed by atoms with Crippen molar-refractivity contribution < 1.29 is 9.47 Å². The lowest BCUT2D eigenvalue weighted by molar-refractivity contribution is 0.270. The van der Waals surface area contributed by atoms with E-state index in [4.69, 9.17) is 14.5 Å². The van der Waals surface area contributed by atoms with Gasteiger partial charge in [0, 0.05) is 10.9 Å². The van der Waals surface area contributed by atoms with E-state index in [2.05, 4.69) is 52.2 Å². The van der Waals surface area contributed by atoms with E-state index in [1.807, 2.05) is 55.5 Å². The van der Waals surface area contributed by atoms with Crippen molar-refractivity contribution >= 4 is 43.8 Å². The van der Waals surface area contributed by atoms with Gasteiger partial charge in [0.25, 0.3) is 5.56 Å². The molecule has 0 atom stereocenters. The molecule has 0 amide bonds. The molecule has 7 heteroatoms. The molecule has 0 fully saturated rings. The quantitative estimate of drug-likeness (QED) is 0.177. The Kier molecular flexibility index (Phi) is 7.84. The van der Waals surface area contributed by atoms with Gasteiger partial charge in [-0.05, 0) is 71.6 Å². The van der Waals surface area contributed by atoms with Crippen molar-refractivity contribution in [3.05, 3.63) is 111 Å². The van der Waals surface area contributed by atoms with Crippen LogP contribution >= 0.6 is 15.9 Å². The molecule has 0 unspecified atom stereocenters. The minimum Gasteiger partial charge on any atom is -0.490 e. The highest BCUT2D eigenvalue weighted by atomic mass is 79.9. The number of benzene rings is 4. The zero-order chi connectivity index (χ0) is 26.5. The standard InChI is InChI=1S/C31H28BrN3O3/c1-3-8-30-34-27-15-14-24(32)18-26(27)31(36)35(30)33-19-21-13-16-28(29(17-21)37-4-2)38-20-23-11-7-10-22-9-5-6-12-25(22)23/h5-7,9-19H,3-4,8,20H2,1-2H3. The van der Waals surface area contributed by atoms with Crippen molar-refractivity contribution in [2.75, 3.05) is 6.61 Å². The van der Waals surface area contributed by atoms with Crippen LogP contribution in [-0.4, -0.2) is 22.5 Å². The molecular weight excluding hydrogens is 542 g/mol. The molecule has 0 aliphatic rings. The third kappa shape index (κ3) is 5.48. The van der Waals surface area contributed by atoms with E-state index < -0.39 is 0 Å². The highest BCUT2D eigenvalue weighted by Gasteiger charge is 2.12. The number of halogens is 1. The van der Waals surface area contributed by atoms with Crippen LogP contribution in [0.1, 0.15) is 37.2 Å². The third-order valence-corrected chi connectivity index (χ3v) is 6.70. The maximum atomic E-state index is 13.3. The summed E-state index contributed by atoms with van der Waals surface area (Å²) in [7, 11) is 0. The number of aryl methyl sites for hydroxylation is 1. The third-order valence-electron chi connectivity index (χ3n) is 6.20. The Labute approximate surface area is 229 Å². The van der Waals surface area contributed by atoms with Gasteiger partial charge >= 0.3 is 0 Å². The van der Waals surface area contributed by atoms with E-state index in [-0.39, 0.29) is 5.56 Å². The van der Waals surface area contributed by atoms with Gasteiger partial charge in [-0.1, -0.05) is 65.3 Å². The molecule has 0 saturated heterocycles. The molecule has 1 aromatic heterocycles. The van der Waals surface area contributed by atoms with Crippen LogP contribution in [0.4, 0.5) is 0 Å². The molecule has 0 bridgehead atoms. The van der Waals surface area contributed by atoms with E-state index in [0.717, 1.165) is 22.0 Å². The molecule has 0 N–H and O–H groups in total. The Balaban J connectivity index is 1.44. The first kappa shape index (κ1) is 25.7. The summed E-state index contributed by atoms with van der Waals surface area (Å²) in [5.74, 6) is 1.90. The molecule has 0 radical (unpaired) electrons. The number of rotatable bonds is 9. The monoisotopic (exact) mass is 569 g/mol. The van der Waals surface area contributed by atoms with E-state index in [1.54, 1.807) is 12.3 Å². The normalized spacial score (nSPS) is 11.4. The number of nitrogens with zero attached hydrogens (tertiary/aromatic N) is 3. The van der Waals surface area contributed by atoms with Crippen LogP contribution in [0.5, 0.6) is 11.5 Å². The highest BCUT2D eigenvalue weighted by Crippen LogP contribution is 2.30. The lowest BCUT2D eigenvalue weighted by Gasteiger charge is -2.14. The second-order valence-corrected chi connectivity index (χ2v) is 9.78. The van der Waals surface area contributed by atoms with Crippen molar-refractivity contribution in [3.8, 4) is 11.5 Å². The van der Waals surface area contributed by atoms with Gasteiger partial charge < -0.3 is 9.47 Å². The van der Waals surface area contributed by atoms with Crippen LogP contribution in [0.2, 0.25) is 0 Å². The smallest absolute Gasteiger partial charge is 0.282 e. The topological polar surface area (TPSA) is 65.7 Å². The maximum Gasteiger partial charge on any atom is 0.282 e. The SMILES string of the molecule is CCCc1nc2ccc(Br)cc2c(=O)n1N=Cc1ccc(OCc2cccc3ccccc23)c(OCC)c1. The van der Waals surface area contributed by atoms with Crippen molar-refractivity contribution in [1.82, 2.24) is 9.66 Å². The van der Waals surface area contributed by atoms with Crippen molar-refractivity contribution in [1.29, 1.82) is 0 Å². The van der Waals surface area contributed by atoms with E-state index >= 15 is 0 Å². The van der Waals surface area contributed by atoms with E-state index in [9.17, 15) is 4.79 Å². The predicted octanol–water partition coefficient (Wildman–Crippen LogP) is 7.12. The summed E-state index contributed by atoms with van der Waals surface area (Å²) in [4.78, 5) is 18.0. The fourth-order valence-corrected chi connectivity index (χ4v) is 4.75. The fourth-order valence-electron chi connectivity index (χ4n) is 4.39. The lowest BCUT2D eigenvalue weighted by Crippen LogP contribution is -2.22. The number of ether oxygens (including phenoxy) is 2. The first-order chi connectivity index (χ1) is 18.6. The fraction of sp³-hybridized carbons (Fsp3) is 0.194. The minimum atomic E-state index is -0.198. The zero-order valence-corrected chi connectivity index (χ0v) is 22.9. The summed E-state index contributed by atoms with van der Waals surface area (Å²) in [6.45, 7) is 4.90. The molecular formula is C31H28BrN3O3. The van der Waals surface area contributed by atoms with Gasteiger partial charge in [-0.3, -0.25) is 4.79 Å². The number of fused-ring (bicyclic) bond motifs is 2. The zero-order valence-electron chi connectivity index (χ0n) is 21.4. The van der Waals surface area contributed by atoms with Gasteiger partial charge in [-0.15, -0.1) is 0 Å². The molecule has 192 valence electrons. The molecule has 1 heterocycles. The molecule has 0 aliphatic heterocycles. The summed E-state index contributed by atoms with van der Waals surface area (Å²) >= 11 is 3.44. The van der Waals surface area contributed by atoms with Crippen LogP contribution in [0.3, 0.4) is 0 Å². The second-order valence-electron chi connectivity index (χ2n) is 8.87. The molecule has 0 saturated carbocycles. The van der Waals surface area contributed by atoms with Crippen LogP contribution in [-0.2, 0) is 13.0 Å². The molecule has 5 rings (SSSR count). The predicted molar refractivity (Wildman–Crippen MR) is 157 cm³/mol. The molecule has 0 aliphatic carbocycles. The van der Waals surface area contributed by atoms with Crippen LogP contribution in [0.15, 0.2) is 93.2 Å². The average molecular weight is 570 g/mol. The second kappa shape index (κ2) is 11.6. The molecule has 6 nitrogen and oxygen atoms in total. The number of aromatic nitrogens is 2. The molecule has 38 heavy (non-hydrogen) atoms. The number of hydrogen-bond acceptors (Lipinski definition) is 5. The molecule has 4 aromatic carbocycles. The maximum absolute atomic E-state index is 13.3. The minimum absolute atomic E-state index is 0.198. The molecule has 0 spiro atoms. The summed E-state index contributed by atoms with van der Waals surface area (Å²) in [6, 6.07) is 25.7. The van der Waals surface area contributed by atoms with Gasteiger partial charge in [0.1, 0.15) is 12.4 Å². The Bertz CT molecular complexity index is 1690. The molecule has 5 aromatic rings. The summed E-state index contributed by atoms with van der Waals surface area (Å²) in [5, 5.41) is 7.40. The Morgan fingerprint density at radius 2 is 1.76 bits per heavy atom. The summed E-state index contributed by atoms with van der Waals surface area (Å²) in [5.41, 5.74) is 2.36. The Morgan fingerprint density at radius 1 is 0.921 bits per heavy atom. The van der Waals surface area contributed by atoms with Crippen molar-refractivity contribution in [2.24, 2.45) is 5.10 Å². The average Bonchev–Trinajstić information content (AvgIpc) is 2.93. The van der Waals surface area contributed by atoms with Crippen LogP contribution in [0, 0.1) is 0 Å². The van der Waals surface area contributed by atoms with E-state index in [0.29, 0.717) is 47.9 Å². The first-order valence-electron chi connectivity index (χ1n) is 12.7. The summed E-state index contributed by atoms with van der Waals surface area (Å²) in [6.07, 6.45) is 3.15. The van der Waals surface area contributed by atoms with Crippen LogP contribution in [0.25, 0.3) is 21.7 Å². The van der Waals surface area contributed by atoms with Gasteiger partial charge in [0.05, 0.1) is 23.7 Å². The van der Waals surface area contributed by atoms with Gasteiger partial charge in [0.2, 0.25) is 0 Å². The lowest BCUT2D eigenvalue weighted by atomic mass is 10.1. The van der Waals surface area contributed by atoms with Crippen LogP contribution < -0.4 is 15.0 Å². The van der Waals surface area contributed by atoms with Gasteiger partial charge in [0.15, 0.2) is 11.5 Å². The Hall–Kier alpha value is -3.97. The summed E-state index contributed by atoms with van der Waals surface area (Å²) < 4.78 is 14.3. The first-order valence-corrected chi connectivity index (χ1v) is 13.5. The number of hydrogen-bond donors (Lipinski definition) is 0. The van der Waals surface area contributed by atoms with Crippen molar-refractivity contribution in [3.63, 3.8) is 0 Å². The largest absolute Gasteiger partial charge is 0.490 e. The van der Waals surface area contributed by atoms with E-state index in [1.165, 1.54) is 15.4 Å². The van der Waals surface area contributed by atoms with Gasteiger partial charge in [-0.25, -0.2) is 4.98 Å². The highest BCUT2D eigenvalue weighted by molar-refractivity contribution is 9.10.